The van der Waals surface area contributed by atoms with Crippen LogP contribution in [0.5, 0.6) is 0 Å². The van der Waals surface area contributed by atoms with Gasteiger partial charge in [0.1, 0.15) is 0 Å². The molecule has 2 rings (SSSR count). The minimum absolute atomic E-state index is 0.283. The van der Waals surface area contributed by atoms with Crippen molar-refractivity contribution in [1.29, 1.82) is 0 Å². The predicted octanol–water partition coefficient (Wildman–Crippen LogP) is 3.09. The second-order valence-electron chi connectivity index (χ2n) is 4.96. The Balaban J connectivity index is 2.49. The fraction of sp³-hybridized carbons (Fsp3) is 0.250. The van der Waals surface area contributed by atoms with Crippen LogP contribution in [-0.2, 0) is 9.59 Å². The molecule has 0 saturated carbocycles. The highest BCUT2D eigenvalue weighted by Crippen LogP contribution is 2.28. The second-order valence-corrected chi connectivity index (χ2v) is 4.96. The van der Waals surface area contributed by atoms with Gasteiger partial charge in [-0.2, -0.15) is 0 Å². The van der Waals surface area contributed by atoms with Crippen LogP contribution in [0.15, 0.2) is 36.4 Å². The molecule has 0 radical (unpaired) electrons. The molecule has 0 N–H and O–H groups in total. The van der Waals surface area contributed by atoms with Gasteiger partial charge in [0.15, 0.2) is 0 Å². The smallest absolute Gasteiger partial charge is 0.258 e. The normalized spacial score (nSPS) is 15.3. The van der Waals surface area contributed by atoms with Crippen LogP contribution >= 0.6 is 0 Å². The van der Waals surface area contributed by atoms with Crippen molar-refractivity contribution >= 4 is 23.6 Å². The van der Waals surface area contributed by atoms with Crippen molar-refractivity contribution in [2.24, 2.45) is 5.92 Å². The van der Waals surface area contributed by atoms with E-state index in [4.69, 9.17) is 0 Å². The first-order chi connectivity index (χ1) is 9.00. The predicted molar refractivity (Wildman–Crippen MR) is 76.7 cm³/mol. The molecule has 1 aromatic rings. The van der Waals surface area contributed by atoms with E-state index in [1.807, 2.05) is 25.1 Å². The maximum absolute atomic E-state index is 11.8. The van der Waals surface area contributed by atoms with Gasteiger partial charge < -0.3 is 0 Å². The van der Waals surface area contributed by atoms with E-state index in [9.17, 15) is 9.59 Å². The zero-order valence-electron chi connectivity index (χ0n) is 11.4. The molecule has 1 heterocycles. The highest BCUT2D eigenvalue weighted by atomic mass is 16.2. The summed E-state index contributed by atoms with van der Waals surface area (Å²) in [6, 6.07) is 5.63. The lowest BCUT2D eigenvalue weighted by atomic mass is 10.0. The van der Waals surface area contributed by atoms with Gasteiger partial charge in [-0.05, 0) is 24.5 Å². The Labute approximate surface area is 113 Å². The number of imide groups is 1. The zero-order valence-corrected chi connectivity index (χ0v) is 11.4. The van der Waals surface area contributed by atoms with E-state index in [0.717, 1.165) is 11.1 Å². The van der Waals surface area contributed by atoms with Gasteiger partial charge in [0.2, 0.25) is 0 Å². The van der Waals surface area contributed by atoms with Crippen molar-refractivity contribution in [1.82, 2.24) is 0 Å². The average molecular weight is 255 g/mol. The number of amides is 2. The van der Waals surface area contributed by atoms with Crippen molar-refractivity contribution in [3.8, 4) is 0 Å². The Morgan fingerprint density at radius 1 is 1.11 bits per heavy atom. The lowest BCUT2D eigenvalue weighted by Crippen LogP contribution is -2.30. The van der Waals surface area contributed by atoms with E-state index in [-0.39, 0.29) is 11.8 Å². The Bertz CT molecular complexity index is 564. The minimum atomic E-state index is -0.283. The highest BCUT2D eigenvalue weighted by Gasteiger charge is 2.26. The van der Waals surface area contributed by atoms with Gasteiger partial charge in [-0.25, -0.2) is 4.90 Å². The number of carbonyl (C=O) groups is 2. The van der Waals surface area contributed by atoms with E-state index in [2.05, 4.69) is 19.9 Å². The third-order valence-corrected chi connectivity index (χ3v) is 3.00. The average Bonchev–Trinajstić information content (AvgIpc) is 2.67. The van der Waals surface area contributed by atoms with Gasteiger partial charge in [0, 0.05) is 17.7 Å². The lowest BCUT2D eigenvalue weighted by molar-refractivity contribution is -0.119. The van der Waals surface area contributed by atoms with E-state index < -0.39 is 0 Å². The topological polar surface area (TPSA) is 37.4 Å². The number of hydrogen-bond donors (Lipinski definition) is 0. The molecule has 3 nitrogen and oxygen atoms in total. The molecular formula is C16H17NO2. The summed E-state index contributed by atoms with van der Waals surface area (Å²) >= 11 is 0. The summed E-state index contributed by atoms with van der Waals surface area (Å²) in [5.74, 6) is -0.153. The molecule has 1 aromatic carbocycles. The SMILES string of the molecule is Cc1cccc(N2C(=O)C=CC2=O)c1/C=C/C(C)C. The molecule has 19 heavy (non-hydrogen) atoms. The molecule has 0 aliphatic carbocycles. The Morgan fingerprint density at radius 2 is 1.74 bits per heavy atom. The standard InChI is InChI=1S/C16H17NO2/c1-11(2)7-8-13-12(3)5-4-6-14(13)17-15(18)9-10-16(17)19/h4-11H,1-3H3/b8-7+. The van der Waals surface area contributed by atoms with Gasteiger partial charge in [-0.3, -0.25) is 9.59 Å². The van der Waals surface area contributed by atoms with E-state index in [1.54, 1.807) is 6.07 Å². The van der Waals surface area contributed by atoms with Gasteiger partial charge in [-0.15, -0.1) is 0 Å². The summed E-state index contributed by atoms with van der Waals surface area (Å²) in [6.45, 7) is 6.15. The van der Waals surface area contributed by atoms with Gasteiger partial charge in [-0.1, -0.05) is 38.1 Å². The van der Waals surface area contributed by atoms with Crippen molar-refractivity contribution < 1.29 is 9.59 Å². The first kappa shape index (κ1) is 13.3. The number of hydrogen-bond acceptors (Lipinski definition) is 2. The first-order valence-electron chi connectivity index (χ1n) is 6.34. The number of aryl methyl sites for hydroxylation is 1. The summed E-state index contributed by atoms with van der Waals surface area (Å²) in [5, 5.41) is 0. The van der Waals surface area contributed by atoms with Gasteiger partial charge >= 0.3 is 0 Å². The highest BCUT2D eigenvalue weighted by molar-refractivity contribution is 6.28. The van der Waals surface area contributed by atoms with Crippen LogP contribution in [0.25, 0.3) is 6.08 Å². The summed E-state index contributed by atoms with van der Waals surface area (Å²) in [6.07, 6.45) is 6.65. The Kier molecular flexibility index (Phi) is 3.65. The summed E-state index contributed by atoms with van der Waals surface area (Å²) in [7, 11) is 0. The van der Waals surface area contributed by atoms with Crippen LogP contribution in [0, 0.1) is 12.8 Å². The monoisotopic (exact) mass is 255 g/mol. The Hall–Kier alpha value is -2.16. The largest absolute Gasteiger partial charge is 0.269 e. The zero-order chi connectivity index (χ0) is 14.0. The van der Waals surface area contributed by atoms with Crippen LogP contribution in [-0.4, -0.2) is 11.8 Å². The molecule has 0 atom stereocenters. The minimum Gasteiger partial charge on any atom is -0.269 e. The molecule has 0 fully saturated rings. The molecule has 0 spiro atoms. The molecular weight excluding hydrogens is 238 g/mol. The summed E-state index contributed by atoms with van der Waals surface area (Å²) in [5.41, 5.74) is 2.61. The third-order valence-electron chi connectivity index (χ3n) is 3.00. The molecule has 0 saturated heterocycles. The molecule has 0 unspecified atom stereocenters. The summed E-state index contributed by atoms with van der Waals surface area (Å²) < 4.78 is 0. The fourth-order valence-corrected chi connectivity index (χ4v) is 2.00. The van der Waals surface area contributed by atoms with Gasteiger partial charge in [0.25, 0.3) is 11.8 Å². The second kappa shape index (κ2) is 5.22. The number of rotatable bonds is 3. The van der Waals surface area contributed by atoms with Crippen molar-refractivity contribution in [2.75, 3.05) is 4.90 Å². The van der Waals surface area contributed by atoms with Crippen molar-refractivity contribution in [3.63, 3.8) is 0 Å². The maximum atomic E-state index is 11.8. The van der Waals surface area contributed by atoms with Crippen molar-refractivity contribution in [3.05, 3.63) is 47.6 Å². The van der Waals surface area contributed by atoms with E-state index in [1.165, 1.54) is 17.1 Å². The number of benzene rings is 1. The molecule has 3 heteroatoms. The van der Waals surface area contributed by atoms with E-state index >= 15 is 0 Å². The molecule has 0 aromatic heterocycles. The number of carbonyl (C=O) groups excluding carboxylic acids is 2. The van der Waals surface area contributed by atoms with Crippen LogP contribution in [0.2, 0.25) is 0 Å². The number of nitrogens with zero attached hydrogens (tertiary/aromatic N) is 1. The quantitative estimate of drug-likeness (QED) is 0.778. The van der Waals surface area contributed by atoms with Crippen LogP contribution in [0.3, 0.4) is 0 Å². The maximum Gasteiger partial charge on any atom is 0.258 e. The lowest BCUT2D eigenvalue weighted by Gasteiger charge is -2.18. The van der Waals surface area contributed by atoms with E-state index in [0.29, 0.717) is 11.6 Å². The van der Waals surface area contributed by atoms with Gasteiger partial charge in [0.05, 0.1) is 5.69 Å². The molecule has 98 valence electrons. The Morgan fingerprint density at radius 3 is 2.32 bits per heavy atom. The molecule has 2 amide bonds. The van der Waals surface area contributed by atoms with Crippen LogP contribution < -0.4 is 4.90 Å². The molecule has 1 aliphatic heterocycles. The first-order valence-corrected chi connectivity index (χ1v) is 6.34. The molecule has 1 aliphatic rings. The third kappa shape index (κ3) is 2.65. The summed E-state index contributed by atoms with van der Waals surface area (Å²) in [4.78, 5) is 24.8. The molecule has 0 bridgehead atoms. The van der Waals surface area contributed by atoms with Crippen LogP contribution in [0.4, 0.5) is 5.69 Å². The number of allylic oxidation sites excluding steroid dienone is 1. The van der Waals surface area contributed by atoms with Crippen LogP contribution in [0.1, 0.15) is 25.0 Å². The fourth-order valence-electron chi connectivity index (χ4n) is 2.00. The van der Waals surface area contributed by atoms with Crippen molar-refractivity contribution in [2.45, 2.75) is 20.8 Å². The number of anilines is 1.